The molecule has 0 aliphatic rings. The van der Waals surface area contributed by atoms with Gasteiger partial charge in [0.2, 0.25) is 0 Å². The molecule has 0 amide bonds. The van der Waals surface area contributed by atoms with Crippen LogP contribution in [0.25, 0.3) is 0 Å². The van der Waals surface area contributed by atoms with Crippen LogP contribution in [0.1, 0.15) is 18.5 Å². The third-order valence-electron chi connectivity index (χ3n) is 2.57. The highest BCUT2D eigenvalue weighted by atomic mass is 14.6. The first-order valence-electron chi connectivity index (χ1n) is 5.92. The van der Waals surface area contributed by atoms with Gasteiger partial charge in [-0.3, -0.25) is 0 Å². The molecule has 0 bridgehead atoms. The van der Waals surface area contributed by atoms with Gasteiger partial charge in [-0.1, -0.05) is 61.2 Å². The van der Waals surface area contributed by atoms with Crippen LogP contribution in [-0.2, 0) is 0 Å². The van der Waals surface area contributed by atoms with Crippen LogP contribution < -0.4 is 11.5 Å². The SMILES string of the molecule is C=CC(=C\C=C/C)/C(N)=C/C(N)c1ccccc1. The molecular formula is C16H20N2. The van der Waals surface area contributed by atoms with Crippen LogP contribution in [0.4, 0.5) is 0 Å². The first-order valence-corrected chi connectivity index (χ1v) is 5.92. The van der Waals surface area contributed by atoms with Crippen LogP contribution in [0.2, 0.25) is 0 Å². The number of hydrogen-bond acceptors (Lipinski definition) is 2. The van der Waals surface area contributed by atoms with E-state index < -0.39 is 0 Å². The van der Waals surface area contributed by atoms with Gasteiger partial charge >= 0.3 is 0 Å². The Morgan fingerprint density at radius 2 is 1.94 bits per heavy atom. The van der Waals surface area contributed by atoms with E-state index in [2.05, 4.69) is 6.58 Å². The molecule has 0 aliphatic heterocycles. The second-order valence-electron chi connectivity index (χ2n) is 3.91. The fourth-order valence-corrected chi connectivity index (χ4v) is 1.54. The fraction of sp³-hybridized carbons (Fsp3) is 0.125. The lowest BCUT2D eigenvalue weighted by molar-refractivity contribution is 0.899. The summed E-state index contributed by atoms with van der Waals surface area (Å²) in [6.45, 7) is 5.70. The number of nitrogens with two attached hydrogens (primary N) is 2. The Labute approximate surface area is 109 Å². The first kappa shape index (κ1) is 14.0. The van der Waals surface area contributed by atoms with Gasteiger partial charge in [-0.15, -0.1) is 0 Å². The van der Waals surface area contributed by atoms with E-state index in [1.165, 1.54) is 0 Å². The molecule has 0 radical (unpaired) electrons. The highest BCUT2D eigenvalue weighted by Crippen LogP contribution is 2.15. The molecule has 94 valence electrons. The summed E-state index contributed by atoms with van der Waals surface area (Å²) in [5.74, 6) is 0. The van der Waals surface area contributed by atoms with E-state index in [9.17, 15) is 0 Å². The van der Waals surface area contributed by atoms with Crippen LogP contribution in [0.5, 0.6) is 0 Å². The Morgan fingerprint density at radius 1 is 1.28 bits per heavy atom. The largest absolute Gasteiger partial charge is 0.398 e. The van der Waals surface area contributed by atoms with Crippen molar-refractivity contribution in [2.75, 3.05) is 0 Å². The van der Waals surface area contributed by atoms with Crippen LogP contribution in [0, 0.1) is 0 Å². The maximum atomic E-state index is 6.08. The van der Waals surface area contributed by atoms with Crippen LogP contribution >= 0.6 is 0 Å². The maximum Gasteiger partial charge on any atom is 0.0504 e. The molecule has 1 rings (SSSR count). The zero-order valence-corrected chi connectivity index (χ0v) is 10.7. The number of rotatable bonds is 5. The van der Waals surface area contributed by atoms with Gasteiger partial charge in [0.1, 0.15) is 0 Å². The Bertz CT molecular complexity index is 467. The predicted molar refractivity (Wildman–Crippen MR) is 78.7 cm³/mol. The minimum Gasteiger partial charge on any atom is -0.398 e. The Balaban J connectivity index is 2.91. The highest BCUT2D eigenvalue weighted by Gasteiger charge is 2.03. The van der Waals surface area contributed by atoms with Crippen LogP contribution in [0.3, 0.4) is 0 Å². The van der Waals surface area contributed by atoms with Crippen molar-refractivity contribution in [3.05, 3.63) is 84.1 Å². The van der Waals surface area contributed by atoms with E-state index in [1.54, 1.807) is 6.08 Å². The average Bonchev–Trinajstić information content (AvgIpc) is 2.40. The molecule has 18 heavy (non-hydrogen) atoms. The summed E-state index contributed by atoms with van der Waals surface area (Å²) >= 11 is 0. The molecule has 1 unspecified atom stereocenters. The quantitative estimate of drug-likeness (QED) is 0.776. The van der Waals surface area contributed by atoms with Gasteiger partial charge < -0.3 is 11.5 Å². The molecule has 1 atom stereocenters. The summed E-state index contributed by atoms with van der Waals surface area (Å²) in [5.41, 5.74) is 14.6. The normalized spacial score (nSPS) is 14.8. The van der Waals surface area contributed by atoms with Crippen LogP contribution in [0.15, 0.2) is 78.6 Å². The van der Waals surface area contributed by atoms with Crippen molar-refractivity contribution in [1.29, 1.82) is 0 Å². The minimum absolute atomic E-state index is 0.208. The summed E-state index contributed by atoms with van der Waals surface area (Å²) in [5, 5.41) is 0. The maximum absolute atomic E-state index is 6.08. The molecule has 0 spiro atoms. The van der Waals surface area contributed by atoms with Crippen molar-refractivity contribution in [3.8, 4) is 0 Å². The van der Waals surface area contributed by atoms with Crippen molar-refractivity contribution in [2.24, 2.45) is 11.5 Å². The third kappa shape index (κ3) is 4.07. The topological polar surface area (TPSA) is 52.0 Å². The lowest BCUT2D eigenvalue weighted by atomic mass is 10.0. The number of allylic oxidation sites excluding steroid dienone is 4. The molecule has 0 heterocycles. The van der Waals surface area contributed by atoms with Gasteiger partial charge in [0, 0.05) is 5.70 Å². The van der Waals surface area contributed by atoms with Gasteiger partial charge in [0.25, 0.3) is 0 Å². The molecule has 4 N–H and O–H groups in total. The van der Waals surface area contributed by atoms with E-state index in [1.807, 2.05) is 61.6 Å². The standard InChI is InChI=1S/C16H20N2/c1-3-5-9-13(4-2)15(17)12-16(18)14-10-7-6-8-11-14/h3-12,16H,2,17-18H2,1H3/b5-3-,13-9+,15-12-. The van der Waals surface area contributed by atoms with Crippen molar-refractivity contribution in [3.63, 3.8) is 0 Å². The Morgan fingerprint density at radius 3 is 2.50 bits per heavy atom. The first-order chi connectivity index (χ1) is 8.69. The summed E-state index contributed by atoms with van der Waals surface area (Å²) in [6, 6.07) is 9.65. The van der Waals surface area contributed by atoms with E-state index in [-0.39, 0.29) is 6.04 Å². The molecule has 1 aromatic rings. The van der Waals surface area contributed by atoms with Gasteiger partial charge in [-0.25, -0.2) is 0 Å². The Kier molecular flexibility index (Phi) is 5.68. The fourth-order valence-electron chi connectivity index (χ4n) is 1.54. The summed E-state index contributed by atoms with van der Waals surface area (Å²) in [6.07, 6.45) is 9.34. The second kappa shape index (κ2) is 7.30. The number of benzene rings is 1. The second-order valence-corrected chi connectivity index (χ2v) is 3.91. The number of hydrogen-bond donors (Lipinski definition) is 2. The van der Waals surface area contributed by atoms with Gasteiger partial charge in [0.15, 0.2) is 0 Å². The molecule has 1 aromatic carbocycles. The molecule has 0 aromatic heterocycles. The van der Waals surface area contributed by atoms with E-state index in [4.69, 9.17) is 11.5 Å². The van der Waals surface area contributed by atoms with Gasteiger partial charge in [-0.05, 0) is 24.1 Å². The van der Waals surface area contributed by atoms with Gasteiger partial charge in [0.05, 0.1) is 6.04 Å². The highest BCUT2D eigenvalue weighted by molar-refractivity contribution is 5.40. The summed E-state index contributed by atoms with van der Waals surface area (Å²) in [7, 11) is 0. The van der Waals surface area contributed by atoms with Crippen LogP contribution in [-0.4, -0.2) is 0 Å². The average molecular weight is 240 g/mol. The minimum atomic E-state index is -0.208. The zero-order valence-electron chi connectivity index (χ0n) is 10.7. The molecule has 2 heteroatoms. The van der Waals surface area contributed by atoms with Crippen molar-refractivity contribution in [1.82, 2.24) is 0 Å². The molecular weight excluding hydrogens is 220 g/mol. The molecule has 0 aliphatic carbocycles. The molecule has 0 fully saturated rings. The Hall–Kier alpha value is -2.06. The monoisotopic (exact) mass is 240 g/mol. The van der Waals surface area contributed by atoms with E-state index in [0.717, 1.165) is 11.1 Å². The van der Waals surface area contributed by atoms with Gasteiger partial charge in [-0.2, -0.15) is 0 Å². The molecule has 0 saturated heterocycles. The van der Waals surface area contributed by atoms with Crippen molar-refractivity contribution in [2.45, 2.75) is 13.0 Å². The lowest BCUT2D eigenvalue weighted by Gasteiger charge is -2.09. The van der Waals surface area contributed by atoms with Crippen molar-refractivity contribution >= 4 is 0 Å². The zero-order chi connectivity index (χ0) is 13.4. The van der Waals surface area contributed by atoms with Crippen molar-refractivity contribution < 1.29 is 0 Å². The lowest BCUT2D eigenvalue weighted by Crippen LogP contribution is -2.11. The predicted octanol–water partition coefficient (Wildman–Crippen LogP) is 3.22. The van der Waals surface area contributed by atoms with E-state index >= 15 is 0 Å². The summed E-state index contributed by atoms with van der Waals surface area (Å²) < 4.78 is 0. The molecule has 2 nitrogen and oxygen atoms in total. The third-order valence-corrected chi connectivity index (χ3v) is 2.57. The summed E-state index contributed by atoms with van der Waals surface area (Å²) in [4.78, 5) is 0. The molecule has 0 saturated carbocycles. The smallest absolute Gasteiger partial charge is 0.0504 e. The van der Waals surface area contributed by atoms with E-state index in [0.29, 0.717) is 5.70 Å².